The number of hydrogen-bond donors (Lipinski definition) is 1. The van der Waals surface area contributed by atoms with Crippen LogP contribution in [0.5, 0.6) is 0 Å². The normalized spacial score (nSPS) is 19.2. The Morgan fingerprint density at radius 1 is 1.33 bits per heavy atom. The molecule has 2 N–H and O–H groups in total. The molecule has 1 aliphatic rings. The van der Waals surface area contributed by atoms with Gasteiger partial charge in [0.25, 0.3) is 0 Å². The largest absolute Gasteiger partial charge is 0.330 e. The van der Waals surface area contributed by atoms with E-state index in [1.165, 1.54) is 11.1 Å². The van der Waals surface area contributed by atoms with Crippen molar-refractivity contribution >= 4 is 5.57 Å². The Hall–Kier alpha value is -1.64. The number of nitrogens with two attached hydrogens (primary N) is 1. The molecule has 1 saturated heterocycles. The Kier molecular flexibility index (Phi) is 5.16. The van der Waals surface area contributed by atoms with Crippen LogP contribution in [0.3, 0.4) is 0 Å². The lowest BCUT2D eigenvalue weighted by molar-refractivity contribution is 0.191. The van der Waals surface area contributed by atoms with Gasteiger partial charge in [-0.2, -0.15) is 0 Å². The Bertz CT molecular complexity index is 534. The van der Waals surface area contributed by atoms with Crippen LogP contribution in [0.1, 0.15) is 24.0 Å². The van der Waals surface area contributed by atoms with Crippen LogP contribution in [-0.4, -0.2) is 31.6 Å². The van der Waals surface area contributed by atoms with Crippen molar-refractivity contribution in [1.82, 2.24) is 4.90 Å². The zero-order valence-corrected chi connectivity index (χ0v) is 13.0. The molecule has 0 unspecified atom stereocenters. The van der Waals surface area contributed by atoms with E-state index in [9.17, 15) is 0 Å². The maximum Gasteiger partial charge on any atom is 0.01000 e. The van der Waals surface area contributed by atoms with Crippen LogP contribution in [0.2, 0.25) is 0 Å². The summed E-state index contributed by atoms with van der Waals surface area (Å²) in [5.74, 6) is 0. The first-order chi connectivity index (χ1) is 10.1. The minimum absolute atomic E-state index is 0.114. The maximum atomic E-state index is 6.16. The highest BCUT2D eigenvalue weighted by Crippen LogP contribution is 2.35. The maximum absolute atomic E-state index is 6.16. The topological polar surface area (TPSA) is 29.3 Å². The van der Waals surface area contributed by atoms with Gasteiger partial charge in [0.1, 0.15) is 0 Å². The predicted octanol–water partition coefficient (Wildman–Crippen LogP) is 3.36. The molecule has 0 saturated carbocycles. The molecule has 1 aromatic rings. The Balaban J connectivity index is 2.37. The minimum Gasteiger partial charge on any atom is -0.330 e. The van der Waals surface area contributed by atoms with Crippen LogP contribution in [0.25, 0.3) is 5.57 Å². The molecule has 0 radical (unpaired) electrons. The average molecular weight is 282 g/mol. The third-order valence-electron chi connectivity index (χ3n) is 4.66. The summed E-state index contributed by atoms with van der Waals surface area (Å²) in [7, 11) is 2.18. The van der Waals surface area contributed by atoms with Crippen LogP contribution in [0.4, 0.5) is 0 Å². The van der Waals surface area contributed by atoms with Gasteiger partial charge in [0.2, 0.25) is 0 Å². The van der Waals surface area contributed by atoms with Gasteiger partial charge in [-0.05, 0) is 49.7 Å². The van der Waals surface area contributed by atoms with Crippen LogP contribution in [0, 0.1) is 0 Å². The van der Waals surface area contributed by atoms with Crippen LogP contribution < -0.4 is 5.73 Å². The molecule has 21 heavy (non-hydrogen) atoms. The van der Waals surface area contributed by atoms with Gasteiger partial charge in [0.05, 0.1) is 0 Å². The van der Waals surface area contributed by atoms with E-state index in [-0.39, 0.29) is 5.41 Å². The summed E-state index contributed by atoms with van der Waals surface area (Å²) in [4.78, 5) is 2.38. The molecular weight excluding hydrogens is 256 g/mol. The summed E-state index contributed by atoms with van der Waals surface area (Å²) >= 11 is 0. The first-order valence-electron chi connectivity index (χ1n) is 7.60. The number of piperidine rings is 1. The van der Waals surface area contributed by atoms with E-state index in [1.54, 1.807) is 6.08 Å². The zero-order chi connectivity index (χ0) is 15.3. The van der Waals surface area contributed by atoms with Gasteiger partial charge >= 0.3 is 0 Å². The number of likely N-dealkylation sites (tertiary alicyclic amines) is 1. The molecule has 1 aromatic carbocycles. The van der Waals surface area contributed by atoms with E-state index in [0.717, 1.165) is 31.5 Å². The van der Waals surface area contributed by atoms with Crippen molar-refractivity contribution in [1.29, 1.82) is 0 Å². The lowest BCUT2D eigenvalue weighted by Gasteiger charge is -2.40. The van der Waals surface area contributed by atoms with Gasteiger partial charge in [-0.3, -0.25) is 0 Å². The lowest BCUT2D eigenvalue weighted by atomic mass is 9.72. The van der Waals surface area contributed by atoms with E-state index in [4.69, 9.17) is 5.73 Å². The van der Waals surface area contributed by atoms with Crippen LogP contribution in [-0.2, 0) is 5.41 Å². The molecule has 2 rings (SSSR count). The summed E-state index contributed by atoms with van der Waals surface area (Å²) in [6.45, 7) is 10.6. The highest BCUT2D eigenvalue weighted by Gasteiger charge is 2.34. The third kappa shape index (κ3) is 3.34. The van der Waals surface area contributed by atoms with Crippen LogP contribution in [0.15, 0.2) is 55.7 Å². The molecule has 0 spiro atoms. The predicted molar refractivity (Wildman–Crippen MR) is 92.3 cm³/mol. The molecule has 1 aliphatic heterocycles. The monoisotopic (exact) mass is 282 g/mol. The summed E-state index contributed by atoms with van der Waals surface area (Å²) in [5, 5.41) is 0. The zero-order valence-electron chi connectivity index (χ0n) is 13.0. The summed E-state index contributed by atoms with van der Waals surface area (Å²) in [6.07, 6.45) is 7.93. The highest BCUT2D eigenvalue weighted by molar-refractivity contribution is 5.75. The van der Waals surface area contributed by atoms with Gasteiger partial charge < -0.3 is 10.6 Å². The molecule has 0 aliphatic carbocycles. The van der Waals surface area contributed by atoms with Crippen molar-refractivity contribution in [2.45, 2.75) is 18.3 Å². The Labute approximate surface area is 128 Å². The van der Waals surface area contributed by atoms with E-state index >= 15 is 0 Å². The van der Waals surface area contributed by atoms with E-state index in [2.05, 4.69) is 49.4 Å². The molecule has 0 bridgehead atoms. The molecule has 1 heterocycles. The fourth-order valence-corrected chi connectivity index (χ4v) is 3.09. The van der Waals surface area contributed by atoms with Gasteiger partial charge in [0, 0.05) is 12.0 Å². The summed E-state index contributed by atoms with van der Waals surface area (Å²) < 4.78 is 0. The van der Waals surface area contributed by atoms with Crippen molar-refractivity contribution < 1.29 is 0 Å². The molecular formula is C19H26N2. The van der Waals surface area contributed by atoms with Gasteiger partial charge in [-0.15, -0.1) is 0 Å². The quantitative estimate of drug-likeness (QED) is 0.839. The fraction of sp³-hybridized carbons (Fsp3) is 0.368. The fourth-order valence-electron chi connectivity index (χ4n) is 3.09. The van der Waals surface area contributed by atoms with E-state index in [1.807, 2.05) is 12.2 Å². The lowest BCUT2D eigenvalue weighted by Crippen LogP contribution is -2.45. The highest BCUT2D eigenvalue weighted by atomic mass is 15.1. The smallest absolute Gasteiger partial charge is 0.01000 e. The average Bonchev–Trinajstić information content (AvgIpc) is 2.54. The minimum atomic E-state index is 0.114. The van der Waals surface area contributed by atoms with Crippen molar-refractivity contribution in [3.63, 3.8) is 0 Å². The molecule has 0 aromatic heterocycles. The summed E-state index contributed by atoms with van der Waals surface area (Å²) in [6, 6.07) is 8.74. The van der Waals surface area contributed by atoms with Gasteiger partial charge in [-0.1, -0.05) is 55.7 Å². The summed E-state index contributed by atoms with van der Waals surface area (Å²) in [5.41, 5.74) is 9.92. The second-order valence-electron chi connectivity index (χ2n) is 5.93. The molecule has 1 fully saturated rings. The number of benzene rings is 1. The van der Waals surface area contributed by atoms with Crippen molar-refractivity contribution in [3.8, 4) is 0 Å². The number of rotatable bonds is 5. The molecule has 0 amide bonds. The molecule has 112 valence electrons. The first kappa shape index (κ1) is 15.7. The van der Waals surface area contributed by atoms with Crippen molar-refractivity contribution in [2.75, 3.05) is 26.7 Å². The van der Waals surface area contributed by atoms with Gasteiger partial charge in [-0.25, -0.2) is 0 Å². The second-order valence-corrected chi connectivity index (χ2v) is 5.93. The molecule has 2 nitrogen and oxygen atoms in total. The molecule has 0 atom stereocenters. The van der Waals surface area contributed by atoms with Crippen molar-refractivity contribution in [2.24, 2.45) is 5.73 Å². The van der Waals surface area contributed by atoms with Crippen LogP contribution >= 0.6 is 0 Å². The molecule has 2 heteroatoms. The Morgan fingerprint density at radius 3 is 2.62 bits per heavy atom. The second kappa shape index (κ2) is 6.88. The first-order valence-corrected chi connectivity index (χ1v) is 7.60. The van der Waals surface area contributed by atoms with Gasteiger partial charge in [0.15, 0.2) is 0 Å². The number of hydrogen-bond acceptors (Lipinski definition) is 2. The van der Waals surface area contributed by atoms with E-state index < -0.39 is 0 Å². The SMILES string of the molecule is C=C/C=C(\C=C)c1cccc(C2(CN)CCN(C)CC2)c1. The third-order valence-corrected chi connectivity index (χ3v) is 4.66. The standard InChI is InChI=1S/C19H26N2/c1-4-7-16(5-2)17-8-6-9-18(14-17)19(15-20)10-12-21(3)13-11-19/h4-9,14H,1-2,10-13,15,20H2,3H3/b16-7+. The van der Waals surface area contributed by atoms with E-state index in [0.29, 0.717) is 6.54 Å². The number of allylic oxidation sites excluding steroid dienone is 4. The van der Waals surface area contributed by atoms with Crippen molar-refractivity contribution in [3.05, 3.63) is 66.8 Å². The number of nitrogens with zero attached hydrogens (tertiary/aromatic N) is 1. The Morgan fingerprint density at radius 2 is 2.05 bits per heavy atom.